The van der Waals surface area contributed by atoms with Crippen LogP contribution < -0.4 is 10.1 Å². The molecule has 0 atom stereocenters. The standard InChI is InChI=1S/C12H12ClN3O2/c1-16-7-10(13)11(15-16)12(17)14-8-4-3-5-9(6-8)18-2/h3-7H,1-2H3,(H,14,17). The van der Waals surface area contributed by atoms with Crippen LogP contribution in [0.1, 0.15) is 10.5 Å². The van der Waals surface area contributed by atoms with Crippen molar-refractivity contribution in [2.24, 2.45) is 7.05 Å². The lowest BCUT2D eigenvalue weighted by molar-refractivity contribution is 0.102. The fraction of sp³-hybridized carbons (Fsp3) is 0.167. The maximum absolute atomic E-state index is 11.9. The Morgan fingerprint density at radius 1 is 1.50 bits per heavy atom. The third kappa shape index (κ3) is 2.62. The topological polar surface area (TPSA) is 56.1 Å². The Balaban J connectivity index is 2.18. The molecule has 0 aliphatic heterocycles. The number of benzene rings is 1. The summed E-state index contributed by atoms with van der Waals surface area (Å²) in [6.07, 6.45) is 1.57. The van der Waals surface area contributed by atoms with Gasteiger partial charge in [-0.25, -0.2) is 0 Å². The number of rotatable bonds is 3. The van der Waals surface area contributed by atoms with Crippen molar-refractivity contribution in [2.45, 2.75) is 0 Å². The molecule has 6 heteroatoms. The molecular weight excluding hydrogens is 254 g/mol. The van der Waals surface area contributed by atoms with Crippen LogP contribution in [0.5, 0.6) is 5.75 Å². The Morgan fingerprint density at radius 2 is 2.28 bits per heavy atom. The number of aromatic nitrogens is 2. The van der Waals surface area contributed by atoms with Gasteiger partial charge in [-0.05, 0) is 12.1 Å². The van der Waals surface area contributed by atoms with Crippen molar-refractivity contribution in [2.75, 3.05) is 12.4 Å². The fourth-order valence-corrected chi connectivity index (χ4v) is 1.77. The second kappa shape index (κ2) is 5.10. The van der Waals surface area contributed by atoms with Crippen LogP contribution in [-0.4, -0.2) is 22.8 Å². The van der Waals surface area contributed by atoms with E-state index in [4.69, 9.17) is 16.3 Å². The summed E-state index contributed by atoms with van der Waals surface area (Å²) in [7, 11) is 3.27. The summed E-state index contributed by atoms with van der Waals surface area (Å²) in [5.41, 5.74) is 0.822. The summed E-state index contributed by atoms with van der Waals surface area (Å²) in [6, 6.07) is 7.06. The van der Waals surface area contributed by atoms with Crippen molar-refractivity contribution in [3.8, 4) is 5.75 Å². The summed E-state index contributed by atoms with van der Waals surface area (Å²) in [5.74, 6) is 0.314. The van der Waals surface area contributed by atoms with E-state index in [1.165, 1.54) is 4.68 Å². The maximum atomic E-state index is 11.9. The van der Waals surface area contributed by atoms with Crippen LogP contribution in [0.2, 0.25) is 5.02 Å². The van der Waals surface area contributed by atoms with Crippen molar-refractivity contribution in [3.05, 3.63) is 41.2 Å². The molecule has 0 aliphatic rings. The summed E-state index contributed by atoms with van der Waals surface area (Å²) < 4.78 is 6.56. The number of nitrogens with one attached hydrogen (secondary N) is 1. The number of aryl methyl sites for hydroxylation is 1. The molecule has 1 amide bonds. The van der Waals surface area contributed by atoms with E-state index in [0.717, 1.165) is 0 Å². The van der Waals surface area contributed by atoms with Gasteiger partial charge in [-0.15, -0.1) is 0 Å². The number of nitrogens with zero attached hydrogens (tertiary/aromatic N) is 2. The van der Waals surface area contributed by atoms with Crippen LogP contribution in [0.4, 0.5) is 5.69 Å². The molecule has 2 aromatic rings. The monoisotopic (exact) mass is 265 g/mol. The minimum absolute atomic E-state index is 0.196. The Bertz CT molecular complexity index is 580. The van der Waals surface area contributed by atoms with Crippen molar-refractivity contribution >= 4 is 23.2 Å². The van der Waals surface area contributed by atoms with Gasteiger partial charge in [-0.2, -0.15) is 5.10 Å². The third-order valence-electron chi connectivity index (χ3n) is 2.33. The Kier molecular flexibility index (Phi) is 3.53. The van der Waals surface area contributed by atoms with Gasteiger partial charge in [-0.3, -0.25) is 9.48 Å². The molecule has 5 nitrogen and oxygen atoms in total. The predicted octanol–water partition coefficient (Wildman–Crippen LogP) is 2.33. The highest BCUT2D eigenvalue weighted by Crippen LogP contribution is 2.19. The second-order valence-electron chi connectivity index (χ2n) is 3.69. The Labute approximate surface area is 109 Å². The zero-order valence-electron chi connectivity index (χ0n) is 9.98. The van der Waals surface area contributed by atoms with Crippen LogP contribution in [0.25, 0.3) is 0 Å². The molecule has 0 spiro atoms. The number of carbonyl (C=O) groups excluding carboxylic acids is 1. The smallest absolute Gasteiger partial charge is 0.277 e. The average Bonchev–Trinajstić information content (AvgIpc) is 2.69. The van der Waals surface area contributed by atoms with Gasteiger partial charge in [0.2, 0.25) is 0 Å². The van der Waals surface area contributed by atoms with Gasteiger partial charge in [-0.1, -0.05) is 17.7 Å². The molecule has 0 radical (unpaired) electrons. The highest BCUT2D eigenvalue weighted by molar-refractivity contribution is 6.34. The quantitative estimate of drug-likeness (QED) is 0.927. The molecule has 94 valence electrons. The number of hydrogen-bond donors (Lipinski definition) is 1. The van der Waals surface area contributed by atoms with Gasteiger partial charge in [0.05, 0.1) is 12.1 Å². The van der Waals surface area contributed by atoms with Gasteiger partial charge < -0.3 is 10.1 Å². The number of methoxy groups -OCH3 is 1. The molecule has 1 N–H and O–H groups in total. The first kappa shape index (κ1) is 12.4. The van der Waals surface area contributed by atoms with E-state index in [0.29, 0.717) is 16.5 Å². The highest BCUT2D eigenvalue weighted by Gasteiger charge is 2.14. The minimum Gasteiger partial charge on any atom is -0.497 e. The van der Waals surface area contributed by atoms with E-state index >= 15 is 0 Å². The third-order valence-corrected chi connectivity index (χ3v) is 2.60. The molecule has 2 rings (SSSR count). The van der Waals surface area contributed by atoms with Crippen LogP contribution in [-0.2, 0) is 7.05 Å². The predicted molar refractivity (Wildman–Crippen MR) is 69.2 cm³/mol. The van der Waals surface area contributed by atoms with Gasteiger partial charge in [0.15, 0.2) is 5.69 Å². The summed E-state index contributed by atoms with van der Waals surface area (Å²) in [6.45, 7) is 0. The number of carbonyl (C=O) groups is 1. The Hall–Kier alpha value is -2.01. The van der Waals surface area contributed by atoms with Crippen molar-refractivity contribution in [1.82, 2.24) is 9.78 Å². The van der Waals surface area contributed by atoms with Crippen LogP contribution >= 0.6 is 11.6 Å². The molecule has 18 heavy (non-hydrogen) atoms. The lowest BCUT2D eigenvalue weighted by Gasteiger charge is -2.05. The molecule has 1 aromatic heterocycles. The second-order valence-corrected chi connectivity index (χ2v) is 4.09. The van der Waals surface area contributed by atoms with Gasteiger partial charge in [0, 0.05) is 25.0 Å². The molecule has 0 bridgehead atoms. The number of amides is 1. The van der Waals surface area contributed by atoms with Crippen LogP contribution in [0.3, 0.4) is 0 Å². The summed E-state index contributed by atoms with van der Waals surface area (Å²) in [4.78, 5) is 11.9. The molecule has 0 fully saturated rings. The van der Waals surface area contributed by atoms with E-state index in [-0.39, 0.29) is 11.6 Å². The first-order chi connectivity index (χ1) is 8.60. The lowest BCUT2D eigenvalue weighted by Crippen LogP contribution is -2.13. The molecule has 0 saturated heterocycles. The van der Waals surface area contributed by atoms with Crippen LogP contribution in [0, 0.1) is 0 Å². The first-order valence-corrected chi connectivity index (χ1v) is 5.62. The zero-order chi connectivity index (χ0) is 13.1. The minimum atomic E-state index is -0.353. The number of ether oxygens (including phenoxy) is 1. The number of halogens is 1. The van der Waals surface area contributed by atoms with E-state index in [2.05, 4.69) is 10.4 Å². The molecule has 1 heterocycles. The van der Waals surface area contributed by atoms with E-state index in [1.807, 2.05) is 0 Å². The van der Waals surface area contributed by atoms with Gasteiger partial charge in [0.25, 0.3) is 5.91 Å². The Morgan fingerprint density at radius 3 is 2.89 bits per heavy atom. The van der Waals surface area contributed by atoms with E-state index in [9.17, 15) is 4.79 Å². The van der Waals surface area contributed by atoms with Crippen molar-refractivity contribution in [1.29, 1.82) is 0 Å². The van der Waals surface area contributed by atoms with E-state index < -0.39 is 0 Å². The molecule has 0 saturated carbocycles. The van der Waals surface area contributed by atoms with E-state index in [1.54, 1.807) is 44.6 Å². The molecule has 1 aromatic carbocycles. The van der Waals surface area contributed by atoms with Crippen LogP contribution in [0.15, 0.2) is 30.5 Å². The molecular formula is C12H12ClN3O2. The summed E-state index contributed by atoms with van der Waals surface area (Å²) in [5, 5.41) is 7.02. The van der Waals surface area contributed by atoms with Crippen molar-refractivity contribution < 1.29 is 9.53 Å². The molecule has 0 unspecified atom stereocenters. The SMILES string of the molecule is COc1cccc(NC(=O)c2nn(C)cc2Cl)c1. The lowest BCUT2D eigenvalue weighted by atomic mass is 10.3. The molecule has 0 aliphatic carbocycles. The normalized spacial score (nSPS) is 10.2. The maximum Gasteiger partial charge on any atom is 0.277 e. The number of anilines is 1. The largest absolute Gasteiger partial charge is 0.497 e. The fourth-order valence-electron chi connectivity index (χ4n) is 1.50. The first-order valence-electron chi connectivity index (χ1n) is 5.24. The number of hydrogen-bond acceptors (Lipinski definition) is 3. The highest BCUT2D eigenvalue weighted by atomic mass is 35.5. The van der Waals surface area contributed by atoms with Gasteiger partial charge >= 0.3 is 0 Å². The zero-order valence-corrected chi connectivity index (χ0v) is 10.7. The average molecular weight is 266 g/mol. The summed E-state index contributed by atoms with van der Waals surface area (Å²) >= 11 is 5.90. The van der Waals surface area contributed by atoms with Crippen molar-refractivity contribution in [3.63, 3.8) is 0 Å². The van der Waals surface area contributed by atoms with Gasteiger partial charge in [0.1, 0.15) is 5.75 Å².